The van der Waals surface area contributed by atoms with Crippen LogP contribution < -0.4 is 9.64 Å². The van der Waals surface area contributed by atoms with Crippen LogP contribution in [-0.2, 0) is 11.3 Å². The summed E-state index contributed by atoms with van der Waals surface area (Å²) in [5.74, 6) is 0.378. The molecule has 8 nitrogen and oxygen atoms in total. The van der Waals surface area contributed by atoms with E-state index in [1.165, 1.54) is 13.2 Å². The number of ether oxygens (including phenoxy) is 1. The van der Waals surface area contributed by atoms with Crippen molar-refractivity contribution in [3.05, 3.63) is 78.9 Å². The molecule has 0 N–H and O–H groups in total. The van der Waals surface area contributed by atoms with Gasteiger partial charge in [-0.3, -0.25) is 9.48 Å². The lowest BCUT2D eigenvalue weighted by Gasteiger charge is -2.34. The van der Waals surface area contributed by atoms with Gasteiger partial charge in [-0.05, 0) is 35.9 Å². The molecule has 0 unspecified atom stereocenters. The number of aromatic nitrogens is 4. The second-order valence-electron chi connectivity index (χ2n) is 8.20. The van der Waals surface area contributed by atoms with Crippen LogP contribution in [0, 0.1) is 5.82 Å². The van der Waals surface area contributed by atoms with Crippen molar-refractivity contribution >= 4 is 11.9 Å². The molecule has 0 spiro atoms. The minimum atomic E-state index is -0.436. The summed E-state index contributed by atoms with van der Waals surface area (Å²) < 4.78 is 20.8. The maximum atomic E-state index is 13.9. The highest BCUT2D eigenvalue weighted by Crippen LogP contribution is 2.29. The Hall–Kier alpha value is -4.27. The van der Waals surface area contributed by atoms with Crippen LogP contribution in [0.1, 0.15) is 0 Å². The number of amides is 1. The van der Waals surface area contributed by atoms with Crippen molar-refractivity contribution in [3.8, 4) is 28.3 Å². The van der Waals surface area contributed by atoms with Gasteiger partial charge in [-0.1, -0.05) is 30.3 Å². The Morgan fingerprint density at radius 3 is 2.40 bits per heavy atom. The zero-order valence-corrected chi connectivity index (χ0v) is 19.3. The number of methoxy groups -OCH3 is 1. The van der Waals surface area contributed by atoms with E-state index in [1.807, 2.05) is 41.3 Å². The number of benzene rings is 2. The molecular formula is C26H25FN6O2. The van der Waals surface area contributed by atoms with E-state index in [2.05, 4.69) is 14.9 Å². The van der Waals surface area contributed by atoms with Gasteiger partial charge in [0.15, 0.2) is 11.6 Å². The number of piperazine rings is 1. The molecule has 5 rings (SSSR count). The molecule has 178 valence electrons. The standard InChI is InChI=1S/C26H25FN6O2/c1-35-24-16-20(8-9-21(24)27)22-17-23(19-6-3-2-4-7-19)33(30-22)18-25(34)31-12-14-32(15-13-31)26-28-10-5-11-29-26/h2-11,16-17H,12-15,18H2,1H3. The third kappa shape index (κ3) is 4.84. The second-order valence-corrected chi connectivity index (χ2v) is 8.20. The van der Waals surface area contributed by atoms with Gasteiger partial charge in [-0.15, -0.1) is 0 Å². The number of hydrogen-bond acceptors (Lipinski definition) is 6. The number of carbonyl (C=O) groups excluding carboxylic acids is 1. The van der Waals surface area contributed by atoms with E-state index in [4.69, 9.17) is 9.84 Å². The lowest BCUT2D eigenvalue weighted by atomic mass is 10.1. The zero-order valence-electron chi connectivity index (χ0n) is 19.3. The molecule has 2 aromatic carbocycles. The average Bonchev–Trinajstić information content (AvgIpc) is 3.33. The van der Waals surface area contributed by atoms with E-state index in [9.17, 15) is 9.18 Å². The number of nitrogens with zero attached hydrogens (tertiary/aromatic N) is 6. The molecule has 4 aromatic rings. The fourth-order valence-corrected chi connectivity index (χ4v) is 4.18. The monoisotopic (exact) mass is 472 g/mol. The fourth-order valence-electron chi connectivity index (χ4n) is 4.18. The minimum Gasteiger partial charge on any atom is -0.494 e. The van der Waals surface area contributed by atoms with Crippen molar-refractivity contribution in [2.45, 2.75) is 6.54 Å². The normalized spacial score (nSPS) is 13.7. The Morgan fingerprint density at radius 2 is 1.69 bits per heavy atom. The maximum absolute atomic E-state index is 13.9. The van der Waals surface area contributed by atoms with Crippen LogP contribution in [0.25, 0.3) is 22.5 Å². The topological polar surface area (TPSA) is 76.4 Å². The molecule has 1 saturated heterocycles. The average molecular weight is 473 g/mol. The van der Waals surface area contributed by atoms with Crippen LogP contribution in [-0.4, -0.2) is 63.8 Å². The van der Waals surface area contributed by atoms with Crippen LogP contribution in [0.4, 0.5) is 10.3 Å². The van der Waals surface area contributed by atoms with Gasteiger partial charge >= 0.3 is 0 Å². The molecule has 0 bridgehead atoms. The Balaban J connectivity index is 1.37. The van der Waals surface area contributed by atoms with Crippen LogP contribution in [0.3, 0.4) is 0 Å². The second kappa shape index (κ2) is 9.92. The first-order valence-electron chi connectivity index (χ1n) is 11.4. The smallest absolute Gasteiger partial charge is 0.244 e. The molecule has 0 aliphatic carbocycles. The Kier molecular flexibility index (Phi) is 6.38. The molecule has 3 heterocycles. The molecule has 35 heavy (non-hydrogen) atoms. The highest BCUT2D eigenvalue weighted by molar-refractivity contribution is 5.78. The molecule has 1 aliphatic heterocycles. The first-order valence-corrected chi connectivity index (χ1v) is 11.4. The van der Waals surface area contributed by atoms with Crippen molar-refractivity contribution in [2.24, 2.45) is 0 Å². The van der Waals surface area contributed by atoms with Gasteiger partial charge < -0.3 is 14.5 Å². The number of anilines is 1. The van der Waals surface area contributed by atoms with Crippen molar-refractivity contribution in [2.75, 3.05) is 38.2 Å². The van der Waals surface area contributed by atoms with Gasteiger partial charge in [-0.25, -0.2) is 14.4 Å². The number of halogens is 1. The van der Waals surface area contributed by atoms with Gasteiger partial charge in [0.2, 0.25) is 11.9 Å². The van der Waals surface area contributed by atoms with Crippen LogP contribution >= 0.6 is 0 Å². The molecule has 2 aromatic heterocycles. The van der Waals surface area contributed by atoms with Crippen LogP contribution in [0.5, 0.6) is 5.75 Å². The molecule has 1 aliphatic rings. The number of carbonyl (C=O) groups is 1. The largest absolute Gasteiger partial charge is 0.494 e. The summed E-state index contributed by atoms with van der Waals surface area (Å²) in [5, 5.41) is 4.72. The van der Waals surface area contributed by atoms with Crippen molar-refractivity contribution in [3.63, 3.8) is 0 Å². The maximum Gasteiger partial charge on any atom is 0.244 e. The lowest BCUT2D eigenvalue weighted by molar-refractivity contribution is -0.132. The fraction of sp³-hybridized carbons (Fsp3) is 0.231. The summed E-state index contributed by atoms with van der Waals surface area (Å²) >= 11 is 0. The van der Waals surface area contributed by atoms with E-state index in [0.717, 1.165) is 11.3 Å². The van der Waals surface area contributed by atoms with Crippen LogP contribution in [0.15, 0.2) is 73.1 Å². The van der Waals surface area contributed by atoms with E-state index in [0.29, 0.717) is 43.4 Å². The number of rotatable bonds is 6. The van der Waals surface area contributed by atoms with Gasteiger partial charge in [-0.2, -0.15) is 5.10 Å². The van der Waals surface area contributed by atoms with E-state index in [1.54, 1.807) is 35.3 Å². The highest BCUT2D eigenvalue weighted by atomic mass is 19.1. The molecule has 1 fully saturated rings. The zero-order chi connectivity index (χ0) is 24.2. The quantitative estimate of drug-likeness (QED) is 0.428. The van der Waals surface area contributed by atoms with Crippen molar-refractivity contribution in [1.82, 2.24) is 24.6 Å². The summed E-state index contributed by atoms with van der Waals surface area (Å²) in [7, 11) is 1.43. The Morgan fingerprint density at radius 1 is 0.943 bits per heavy atom. The summed E-state index contributed by atoms with van der Waals surface area (Å²) in [6, 6.07) is 18.1. The third-order valence-corrected chi connectivity index (χ3v) is 6.05. The minimum absolute atomic E-state index is 0.0119. The van der Waals surface area contributed by atoms with E-state index >= 15 is 0 Å². The third-order valence-electron chi connectivity index (χ3n) is 6.05. The number of hydrogen-bond donors (Lipinski definition) is 0. The Labute approximate surface area is 202 Å². The summed E-state index contributed by atoms with van der Waals surface area (Å²) in [6.45, 7) is 2.61. The molecule has 9 heteroatoms. The predicted molar refractivity (Wildman–Crippen MR) is 130 cm³/mol. The van der Waals surface area contributed by atoms with Crippen molar-refractivity contribution in [1.29, 1.82) is 0 Å². The molecule has 1 amide bonds. The van der Waals surface area contributed by atoms with Gasteiger partial charge in [0, 0.05) is 44.1 Å². The van der Waals surface area contributed by atoms with E-state index < -0.39 is 5.82 Å². The predicted octanol–water partition coefficient (Wildman–Crippen LogP) is 3.50. The summed E-state index contributed by atoms with van der Waals surface area (Å²) in [5.41, 5.74) is 3.11. The SMILES string of the molecule is COc1cc(-c2cc(-c3ccccc3)n(CC(=O)N3CCN(c4ncccn4)CC3)n2)ccc1F. The first kappa shape index (κ1) is 22.5. The molecule has 0 atom stereocenters. The Bertz CT molecular complexity index is 1300. The molecule has 0 radical (unpaired) electrons. The summed E-state index contributed by atoms with van der Waals surface area (Å²) in [6.07, 6.45) is 3.44. The highest BCUT2D eigenvalue weighted by Gasteiger charge is 2.24. The molecule has 0 saturated carbocycles. The summed E-state index contributed by atoms with van der Waals surface area (Å²) in [4.78, 5) is 25.7. The van der Waals surface area contributed by atoms with Crippen molar-refractivity contribution < 1.29 is 13.9 Å². The van der Waals surface area contributed by atoms with Gasteiger partial charge in [0.1, 0.15) is 6.54 Å². The van der Waals surface area contributed by atoms with Gasteiger partial charge in [0.25, 0.3) is 0 Å². The van der Waals surface area contributed by atoms with Crippen LogP contribution in [0.2, 0.25) is 0 Å². The van der Waals surface area contributed by atoms with Gasteiger partial charge in [0.05, 0.1) is 18.5 Å². The first-order chi connectivity index (χ1) is 17.1. The lowest BCUT2D eigenvalue weighted by Crippen LogP contribution is -2.50. The molecular weight excluding hydrogens is 447 g/mol. The van der Waals surface area contributed by atoms with E-state index in [-0.39, 0.29) is 18.2 Å².